The van der Waals surface area contributed by atoms with Crippen LogP contribution in [0.25, 0.3) is 0 Å². The van der Waals surface area contributed by atoms with Crippen LogP contribution in [0, 0.1) is 0 Å². The molecule has 0 N–H and O–H groups in total. The number of carbonyl (C=O) groups excluding carboxylic acids is 1. The molecule has 0 saturated heterocycles. The minimum absolute atomic E-state index is 0.00849. The van der Waals surface area contributed by atoms with E-state index in [9.17, 15) is 4.79 Å². The van der Waals surface area contributed by atoms with Crippen molar-refractivity contribution in [1.29, 1.82) is 0 Å². The fourth-order valence-corrected chi connectivity index (χ4v) is 1.08. The van der Waals surface area contributed by atoms with Gasteiger partial charge in [0.25, 0.3) is 0 Å². The molecule has 0 aromatic heterocycles. The average molecular weight is 186 g/mol. The summed E-state index contributed by atoms with van der Waals surface area (Å²) in [7, 11) is 8.59. The first-order valence-electron chi connectivity index (χ1n) is 1.68. The van der Waals surface area contributed by atoms with E-state index >= 15 is 0 Å². The summed E-state index contributed by atoms with van der Waals surface area (Å²) >= 11 is -0.385. The van der Waals surface area contributed by atoms with Crippen LogP contribution >= 0.6 is 10.1 Å². The zero-order valence-corrected chi connectivity index (χ0v) is 6.61. The second kappa shape index (κ2) is 3.30. The molecule has 0 aliphatic heterocycles. The SMILES string of the molecule is CN(C)C(=O)[Se]Cl. The van der Waals surface area contributed by atoms with Gasteiger partial charge in [-0.2, -0.15) is 0 Å². The number of hydrogen-bond acceptors (Lipinski definition) is 1. The second-order valence-electron chi connectivity index (χ2n) is 1.24. The predicted octanol–water partition coefficient (Wildman–Crippen LogP) is 0.526. The molecule has 0 aromatic rings. The number of amides is 1. The van der Waals surface area contributed by atoms with Crippen molar-refractivity contribution < 1.29 is 4.79 Å². The number of halogens is 1. The van der Waals surface area contributed by atoms with Gasteiger partial charge >= 0.3 is 52.7 Å². The topological polar surface area (TPSA) is 20.3 Å². The van der Waals surface area contributed by atoms with Gasteiger partial charge in [-0.15, -0.1) is 0 Å². The Labute approximate surface area is 53.2 Å². The van der Waals surface area contributed by atoms with Crippen LogP contribution in [0.15, 0.2) is 0 Å². The number of nitrogens with zero attached hydrogens (tertiary/aromatic N) is 1. The summed E-state index contributed by atoms with van der Waals surface area (Å²) in [4.78, 5) is 11.8. The number of hydrogen-bond donors (Lipinski definition) is 0. The zero-order valence-electron chi connectivity index (χ0n) is 4.14. The van der Waals surface area contributed by atoms with Gasteiger partial charge < -0.3 is 0 Å². The van der Waals surface area contributed by atoms with Crippen LogP contribution in [0.2, 0.25) is 0 Å². The molecule has 0 heterocycles. The van der Waals surface area contributed by atoms with Crippen molar-refractivity contribution in [2.24, 2.45) is 0 Å². The van der Waals surface area contributed by atoms with Gasteiger partial charge in [0, 0.05) is 0 Å². The molecule has 0 spiro atoms. The number of carbonyl (C=O) groups is 1. The van der Waals surface area contributed by atoms with E-state index in [0.717, 1.165) is 0 Å². The molecule has 0 radical (unpaired) electrons. The third-order valence-electron chi connectivity index (χ3n) is 0.431. The van der Waals surface area contributed by atoms with E-state index in [1.807, 2.05) is 0 Å². The Balaban J connectivity index is 3.35. The monoisotopic (exact) mass is 187 g/mol. The molecule has 4 heteroatoms. The van der Waals surface area contributed by atoms with Crippen molar-refractivity contribution in [3.05, 3.63) is 0 Å². The first-order valence-corrected chi connectivity index (χ1v) is 4.79. The van der Waals surface area contributed by atoms with Gasteiger partial charge in [0.05, 0.1) is 0 Å². The third kappa shape index (κ3) is 2.92. The van der Waals surface area contributed by atoms with Crippen LogP contribution in [0.3, 0.4) is 0 Å². The fraction of sp³-hybridized carbons (Fsp3) is 0.667. The molecule has 0 rings (SSSR count). The van der Waals surface area contributed by atoms with Crippen LogP contribution < -0.4 is 0 Å². The maximum atomic E-state index is 10.3. The molecule has 0 saturated carbocycles. The predicted molar refractivity (Wildman–Crippen MR) is 30.7 cm³/mol. The van der Waals surface area contributed by atoms with E-state index in [-0.39, 0.29) is 18.9 Å². The summed E-state index contributed by atoms with van der Waals surface area (Å²) in [6, 6.07) is 0. The summed E-state index contributed by atoms with van der Waals surface area (Å²) in [6.07, 6.45) is 0. The molecule has 0 fully saturated rings. The first-order chi connectivity index (χ1) is 3.18. The minimum atomic E-state index is -0.385. The molecule has 0 bridgehead atoms. The van der Waals surface area contributed by atoms with Gasteiger partial charge in [-0.3, -0.25) is 0 Å². The Morgan fingerprint density at radius 1 is 1.71 bits per heavy atom. The molecular weight excluding hydrogens is 180 g/mol. The van der Waals surface area contributed by atoms with E-state index in [0.29, 0.717) is 0 Å². The van der Waals surface area contributed by atoms with Crippen LogP contribution in [0.5, 0.6) is 0 Å². The van der Waals surface area contributed by atoms with Gasteiger partial charge in [-0.25, -0.2) is 0 Å². The van der Waals surface area contributed by atoms with Crippen LogP contribution in [-0.4, -0.2) is 37.8 Å². The molecular formula is C3H6ClNOSe. The molecule has 7 heavy (non-hydrogen) atoms. The standard InChI is InChI=1S/C3H6ClNOSe/c1-5(2)3(6)7-4/h1-2H3. The Hall–Kier alpha value is 0.279. The molecule has 0 aromatic carbocycles. The molecule has 0 aliphatic rings. The average Bonchev–Trinajstić information content (AvgIpc) is 1.65. The normalized spacial score (nSPS) is 8.43. The quantitative estimate of drug-likeness (QED) is 0.547. The summed E-state index contributed by atoms with van der Waals surface area (Å²) in [5.41, 5.74) is 0. The molecule has 2 nitrogen and oxygen atoms in total. The second-order valence-corrected chi connectivity index (χ2v) is 3.10. The van der Waals surface area contributed by atoms with Crippen molar-refractivity contribution in [2.75, 3.05) is 14.1 Å². The van der Waals surface area contributed by atoms with E-state index in [1.165, 1.54) is 4.90 Å². The van der Waals surface area contributed by atoms with Crippen LogP contribution in [0.1, 0.15) is 0 Å². The summed E-state index contributed by atoms with van der Waals surface area (Å²) in [5.74, 6) is 0. The third-order valence-corrected chi connectivity index (χ3v) is 2.16. The van der Waals surface area contributed by atoms with E-state index in [1.54, 1.807) is 14.1 Å². The van der Waals surface area contributed by atoms with Crippen molar-refractivity contribution in [2.45, 2.75) is 0 Å². The Bertz CT molecular complexity index is 75.3. The van der Waals surface area contributed by atoms with Crippen molar-refractivity contribution >= 4 is 28.9 Å². The van der Waals surface area contributed by atoms with Crippen LogP contribution in [-0.2, 0) is 0 Å². The molecule has 0 atom stereocenters. The Morgan fingerprint density at radius 2 is 2.14 bits per heavy atom. The van der Waals surface area contributed by atoms with Gasteiger partial charge in [-0.05, 0) is 0 Å². The zero-order chi connectivity index (χ0) is 5.86. The summed E-state index contributed by atoms with van der Waals surface area (Å²) in [6.45, 7) is 0. The summed E-state index contributed by atoms with van der Waals surface area (Å²) in [5, 5.41) is 0. The van der Waals surface area contributed by atoms with Crippen molar-refractivity contribution in [1.82, 2.24) is 4.90 Å². The van der Waals surface area contributed by atoms with Crippen LogP contribution in [0.4, 0.5) is 4.79 Å². The van der Waals surface area contributed by atoms with Gasteiger partial charge in [0.2, 0.25) is 0 Å². The van der Waals surface area contributed by atoms with E-state index < -0.39 is 0 Å². The molecule has 0 aliphatic carbocycles. The Morgan fingerprint density at radius 3 is 2.14 bits per heavy atom. The molecule has 1 amide bonds. The molecule has 42 valence electrons. The van der Waals surface area contributed by atoms with E-state index in [2.05, 4.69) is 0 Å². The first kappa shape index (κ1) is 7.28. The Kier molecular flexibility index (Phi) is 3.43. The van der Waals surface area contributed by atoms with Crippen molar-refractivity contribution in [3.63, 3.8) is 0 Å². The molecule has 0 unspecified atom stereocenters. The van der Waals surface area contributed by atoms with Gasteiger partial charge in [-0.1, -0.05) is 0 Å². The maximum absolute atomic E-state index is 10.3. The number of rotatable bonds is 1. The fourth-order valence-electron chi connectivity index (χ4n) is 0.0690. The van der Waals surface area contributed by atoms with Gasteiger partial charge in [0.15, 0.2) is 0 Å². The van der Waals surface area contributed by atoms with Crippen molar-refractivity contribution in [3.8, 4) is 0 Å². The summed E-state index contributed by atoms with van der Waals surface area (Å²) < 4.78 is 0. The van der Waals surface area contributed by atoms with E-state index in [4.69, 9.17) is 10.1 Å². The van der Waals surface area contributed by atoms with Gasteiger partial charge in [0.1, 0.15) is 0 Å².